The first kappa shape index (κ1) is 12.9. The molecule has 1 aliphatic carbocycles. The summed E-state index contributed by atoms with van der Waals surface area (Å²) in [5.41, 5.74) is 2.48. The fourth-order valence-electron chi connectivity index (χ4n) is 3.83. The third-order valence-electron chi connectivity index (χ3n) is 4.88. The maximum atomic E-state index is 5.73. The van der Waals surface area contributed by atoms with Crippen molar-refractivity contribution in [3.63, 3.8) is 0 Å². The number of thioether (sulfide) groups is 1. The Morgan fingerprint density at radius 1 is 1.09 bits per heavy atom. The summed E-state index contributed by atoms with van der Waals surface area (Å²) in [6.07, 6.45) is 5.12. The van der Waals surface area contributed by atoms with Crippen molar-refractivity contribution in [2.24, 2.45) is 4.99 Å². The SMILES string of the molecule is C1=C(c2ccc3c(c2)OCCO3)N2C(=N[C@H]3CCCC[C@@H]32)S1. The van der Waals surface area contributed by atoms with E-state index in [1.54, 1.807) is 11.8 Å². The van der Waals surface area contributed by atoms with Crippen LogP contribution < -0.4 is 9.47 Å². The molecule has 2 atom stereocenters. The number of hydrogen-bond acceptors (Lipinski definition) is 5. The summed E-state index contributed by atoms with van der Waals surface area (Å²) in [6, 6.07) is 7.33. The van der Waals surface area contributed by atoms with Gasteiger partial charge in [0.05, 0.1) is 17.8 Å². The van der Waals surface area contributed by atoms with E-state index in [1.807, 2.05) is 6.07 Å². The highest BCUT2D eigenvalue weighted by molar-refractivity contribution is 8.16. The smallest absolute Gasteiger partial charge is 0.168 e. The van der Waals surface area contributed by atoms with Crippen LogP contribution in [-0.4, -0.2) is 35.4 Å². The van der Waals surface area contributed by atoms with Gasteiger partial charge in [-0.05, 0) is 31.0 Å². The highest BCUT2D eigenvalue weighted by atomic mass is 32.2. The fourth-order valence-corrected chi connectivity index (χ4v) is 4.84. The molecule has 3 heterocycles. The van der Waals surface area contributed by atoms with E-state index in [4.69, 9.17) is 14.5 Å². The Balaban J connectivity index is 1.49. The van der Waals surface area contributed by atoms with Gasteiger partial charge >= 0.3 is 0 Å². The minimum Gasteiger partial charge on any atom is -0.486 e. The lowest BCUT2D eigenvalue weighted by Crippen LogP contribution is -2.38. The minimum absolute atomic E-state index is 0.497. The predicted molar refractivity (Wildman–Crippen MR) is 88.3 cm³/mol. The van der Waals surface area contributed by atoms with E-state index in [-0.39, 0.29) is 0 Å². The predicted octanol–water partition coefficient (Wildman–Crippen LogP) is 3.49. The molecule has 0 amide bonds. The number of hydrogen-bond donors (Lipinski definition) is 0. The number of fused-ring (bicyclic) bond motifs is 4. The van der Waals surface area contributed by atoms with Gasteiger partial charge in [-0.2, -0.15) is 0 Å². The molecule has 22 heavy (non-hydrogen) atoms. The molecule has 0 saturated heterocycles. The largest absolute Gasteiger partial charge is 0.486 e. The van der Waals surface area contributed by atoms with Gasteiger partial charge in [-0.25, -0.2) is 0 Å². The fraction of sp³-hybridized carbons (Fsp3) is 0.471. The van der Waals surface area contributed by atoms with Crippen molar-refractivity contribution >= 4 is 22.6 Å². The zero-order chi connectivity index (χ0) is 14.5. The first-order valence-corrected chi connectivity index (χ1v) is 8.92. The number of benzene rings is 1. The molecule has 3 aliphatic heterocycles. The van der Waals surface area contributed by atoms with Gasteiger partial charge < -0.3 is 14.4 Å². The molecule has 4 aliphatic rings. The quantitative estimate of drug-likeness (QED) is 0.795. The molecule has 5 heteroatoms. The van der Waals surface area contributed by atoms with E-state index in [9.17, 15) is 0 Å². The topological polar surface area (TPSA) is 34.1 Å². The summed E-state index contributed by atoms with van der Waals surface area (Å²) < 4.78 is 11.4. The van der Waals surface area contributed by atoms with Gasteiger partial charge in [0, 0.05) is 11.0 Å². The molecule has 1 aromatic carbocycles. The summed E-state index contributed by atoms with van der Waals surface area (Å²) in [6.45, 7) is 1.27. The average Bonchev–Trinajstić information content (AvgIpc) is 3.13. The molecular weight excluding hydrogens is 296 g/mol. The van der Waals surface area contributed by atoms with Gasteiger partial charge in [-0.1, -0.05) is 24.6 Å². The van der Waals surface area contributed by atoms with Gasteiger partial charge in [0.15, 0.2) is 16.7 Å². The van der Waals surface area contributed by atoms with Crippen LogP contribution in [0.1, 0.15) is 31.2 Å². The number of aliphatic imine (C=N–C) groups is 1. The summed E-state index contributed by atoms with van der Waals surface area (Å²) in [7, 11) is 0. The normalized spacial score (nSPS) is 28.8. The van der Waals surface area contributed by atoms with Crippen molar-refractivity contribution in [2.75, 3.05) is 13.2 Å². The molecule has 1 fully saturated rings. The number of ether oxygens (including phenoxy) is 2. The Morgan fingerprint density at radius 2 is 1.95 bits per heavy atom. The van der Waals surface area contributed by atoms with E-state index in [2.05, 4.69) is 22.4 Å². The van der Waals surface area contributed by atoms with E-state index in [1.165, 1.54) is 42.1 Å². The Morgan fingerprint density at radius 3 is 2.91 bits per heavy atom. The molecular formula is C17H18N2O2S. The lowest BCUT2D eigenvalue weighted by molar-refractivity contribution is 0.171. The van der Waals surface area contributed by atoms with E-state index >= 15 is 0 Å². The second-order valence-corrected chi connectivity index (χ2v) is 7.02. The first-order chi connectivity index (χ1) is 10.9. The van der Waals surface area contributed by atoms with Gasteiger partial charge in [-0.15, -0.1) is 0 Å². The number of amidine groups is 1. The molecule has 0 bridgehead atoms. The van der Waals surface area contributed by atoms with Crippen molar-refractivity contribution in [3.05, 3.63) is 29.2 Å². The van der Waals surface area contributed by atoms with Crippen LogP contribution in [-0.2, 0) is 0 Å². The summed E-state index contributed by atoms with van der Waals surface area (Å²) in [4.78, 5) is 7.39. The van der Waals surface area contributed by atoms with Crippen LogP contribution >= 0.6 is 11.8 Å². The molecule has 4 nitrogen and oxygen atoms in total. The van der Waals surface area contributed by atoms with Crippen LogP contribution in [0.4, 0.5) is 0 Å². The standard InChI is InChI=1S/C17H18N2O2S/c1-2-4-13-12(3-1)18-17-19(13)14(10-22-17)11-5-6-15-16(9-11)21-8-7-20-15/h5-6,9-10,12-13H,1-4,7-8H2/t12-,13-/m0/s1. The van der Waals surface area contributed by atoms with Crippen LogP contribution in [0.15, 0.2) is 28.6 Å². The van der Waals surface area contributed by atoms with Crippen LogP contribution in [0.2, 0.25) is 0 Å². The van der Waals surface area contributed by atoms with Crippen LogP contribution in [0, 0.1) is 0 Å². The highest BCUT2D eigenvalue weighted by Gasteiger charge is 2.42. The summed E-state index contributed by atoms with van der Waals surface area (Å²) in [5.74, 6) is 1.71. The van der Waals surface area contributed by atoms with E-state index in [0.29, 0.717) is 25.3 Å². The third-order valence-corrected chi connectivity index (χ3v) is 5.74. The lowest BCUT2D eigenvalue weighted by Gasteiger charge is -2.32. The third kappa shape index (κ3) is 1.88. The van der Waals surface area contributed by atoms with Crippen molar-refractivity contribution in [3.8, 4) is 11.5 Å². The Hall–Kier alpha value is -1.62. The van der Waals surface area contributed by atoms with E-state index in [0.717, 1.165) is 11.5 Å². The van der Waals surface area contributed by atoms with Crippen molar-refractivity contribution < 1.29 is 9.47 Å². The lowest BCUT2D eigenvalue weighted by atomic mass is 9.90. The minimum atomic E-state index is 0.497. The Bertz CT molecular complexity index is 685. The molecule has 114 valence electrons. The summed E-state index contributed by atoms with van der Waals surface area (Å²) >= 11 is 1.76. The van der Waals surface area contributed by atoms with E-state index < -0.39 is 0 Å². The molecule has 0 N–H and O–H groups in total. The zero-order valence-electron chi connectivity index (χ0n) is 12.3. The van der Waals surface area contributed by atoms with Crippen molar-refractivity contribution in [1.29, 1.82) is 0 Å². The molecule has 5 rings (SSSR count). The van der Waals surface area contributed by atoms with Crippen LogP contribution in [0.25, 0.3) is 5.70 Å². The van der Waals surface area contributed by atoms with Gasteiger partial charge in [0.2, 0.25) is 0 Å². The zero-order valence-corrected chi connectivity index (χ0v) is 13.1. The maximum absolute atomic E-state index is 5.73. The second kappa shape index (κ2) is 4.95. The Labute approximate surface area is 134 Å². The Kier molecular flexibility index (Phi) is 2.90. The number of nitrogens with zero attached hydrogens (tertiary/aromatic N) is 2. The molecule has 1 aromatic rings. The second-order valence-electron chi connectivity index (χ2n) is 6.18. The summed E-state index contributed by atoms with van der Waals surface area (Å²) in [5, 5.41) is 3.41. The molecule has 0 radical (unpaired) electrons. The number of rotatable bonds is 1. The first-order valence-electron chi connectivity index (χ1n) is 8.04. The van der Waals surface area contributed by atoms with Crippen LogP contribution in [0.3, 0.4) is 0 Å². The monoisotopic (exact) mass is 314 g/mol. The van der Waals surface area contributed by atoms with Gasteiger partial charge in [0.25, 0.3) is 0 Å². The average molecular weight is 314 g/mol. The van der Waals surface area contributed by atoms with Gasteiger partial charge in [0.1, 0.15) is 13.2 Å². The molecule has 0 aromatic heterocycles. The maximum Gasteiger partial charge on any atom is 0.168 e. The van der Waals surface area contributed by atoms with Crippen LogP contribution in [0.5, 0.6) is 11.5 Å². The van der Waals surface area contributed by atoms with Crippen molar-refractivity contribution in [2.45, 2.75) is 37.8 Å². The molecule has 0 unspecified atom stereocenters. The van der Waals surface area contributed by atoms with Crippen molar-refractivity contribution in [1.82, 2.24) is 4.90 Å². The van der Waals surface area contributed by atoms with Gasteiger partial charge in [-0.3, -0.25) is 4.99 Å². The molecule has 0 spiro atoms. The highest BCUT2D eigenvalue weighted by Crippen LogP contribution is 2.45. The molecule has 1 saturated carbocycles.